The summed E-state index contributed by atoms with van der Waals surface area (Å²) in [5.74, 6) is -1.10. The van der Waals surface area contributed by atoms with Gasteiger partial charge in [-0.3, -0.25) is 14.4 Å². The molecule has 0 spiro atoms. The molecule has 1 fully saturated rings. The van der Waals surface area contributed by atoms with E-state index in [1.807, 2.05) is 6.07 Å². The molecule has 7 nitrogen and oxygen atoms in total. The maximum absolute atomic E-state index is 11.7. The highest BCUT2D eigenvalue weighted by atomic mass is 16.5. The summed E-state index contributed by atoms with van der Waals surface area (Å²) in [7, 11) is 0. The molecule has 2 rings (SSSR count). The number of rotatable bonds is 7. The second-order valence-electron chi connectivity index (χ2n) is 4.69. The lowest BCUT2D eigenvalue weighted by atomic mass is 9.94. The second-order valence-corrected chi connectivity index (χ2v) is 4.69. The third kappa shape index (κ3) is 4.20. The fourth-order valence-electron chi connectivity index (χ4n) is 2.01. The van der Waals surface area contributed by atoms with Crippen molar-refractivity contribution in [3.63, 3.8) is 0 Å². The van der Waals surface area contributed by atoms with Crippen LogP contribution in [-0.2, 0) is 14.4 Å². The van der Waals surface area contributed by atoms with E-state index in [9.17, 15) is 14.4 Å². The molecule has 1 aromatic carbocycles. The third-order valence-electron chi connectivity index (χ3n) is 3.11. The number of carboxylic acids is 1. The van der Waals surface area contributed by atoms with Gasteiger partial charge in [0.05, 0.1) is 6.04 Å². The van der Waals surface area contributed by atoms with Crippen LogP contribution in [0, 0.1) is 0 Å². The van der Waals surface area contributed by atoms with Crippen molar-refractivity contribution in [2.75, 3.05) is 6.61 Å². The van der Waals surface area contributed by atoms with Crippen LogP contribution >= 0.6 is 0 Å². The summed E-state index contributed by atoms with van der Waals surface area (Å²) < 4.78 is 5.27. The summed E-state index contributed by atoms with van der Waals surface area (Å²) in [6.45, 7) is -0.195. The SMILES string of the molecule is O=C(O)CCC1NC(=O)[C@H]1NC(=O)COc1ccccc1. The molecule has 0 bridgehead atoms. The lowest BCUT2D eigenvalue weighted by Gasteiger charge is -2.36. The van der Waals surface area contributed by atoms with E-state index < -0.39 is 17.9 Å². The minimum absolute atomic E-state index is 0.0577. The van der Waals surface area contributed by atoms with E-state index in [1.54, 1.807) is 24.3 Å². The number of carboxylic acid groups (broad SMARTS) is 1. The van der Waals surface area contributed by atoms with Gasteiger partial charge >= 0.3 is 5.97 Å². The van der Waals surface area contributed by atoms with Crippen molar-refractivity contribution in [2.45, 2.75) is 24.9 Å². The van der Waals surface area contributed by atoms with E-state index >= 15 is 0 Å². The molecule has 1 aromatic rings. The largest absolute Gasteiger partial charge is 0.484 e. The molecule has 2 amide bonds. The first-order valence-corrected chi connectivity index (χ1v) is 6.55. The number of hydrogen-bond donors (Lipinski definition) is 3. The van der Waals surface area contributed by atoms with Gasteiger partial charge in [-0.25, -0.2) is 0 Å². The summed E-state index contributed by atoms with van der Waals surface area (Å²) >= 11 is 0. The molecular formula is C14H16N2O5. The molecule has 0 saturated carbocycles. The lowest BCUT2D eigenvalue weighted by Crippen LogP contribution is -2.69. The van der Waals surface area contributed by atoms with E-state index in [0.29, 0.717) is 5.75 Å². The van der Waals surface area contributed by atoms with E-state index in [2.05, 4.69) is 10.6 Å². The number of ether oxygens (including phenoxy) is 1. The highest BCUT2D eigenvalue weighted by Crippen LogP contribution is 2.13. The van der Waals surface area contributed by atoms with Crippen LogP contribution in [0.3, 0.4) is 0 Å². The number of carbonyl (C=O) groups is 3. The van der Waals surface area contributed by atoms with Crippen LogP contribution in [0.15, 0.2) is 30.3 Å². The molecular weight excluding hydrogens is 276 g/mol. The molecule has 1 saturated heterocycles. The third-order valence-corrected chi connectivity index (χ3v) is 3.11. The molecule has 112 valence electrons. The van der Waals surface area contributed by atoms with Gasteiger partial charge in [0.1, 0.15) is 11.8 Å². The quantitative estimate of drug-likeness (QED) is 0.609. The predicted octanol–water partition coefficient (Wildman–Crippen LogP) is -0.0866. The number of β-lactam (4-membered cyclic amide) rings is 1. The van der Waals surface area contributed by atoms with Crippen molar-refractivity contribution < 1.29 is 24.2 Å². The monoisotopic (exact) mass is 292 g/mol. The van der Waals surface area contributed by atoms with Crippen LogP contribution in [0.25, 0.3) is 0 Å². The van der Waals surface area contributed by atoms with Crippen molar-refractivity contribution in [1.29, 1.82) is 0 Å². The fourth-order valence-corrected chi connectivity index (χ4v) is 2.01. The molecule has 1 aliphatic rings. The smallest absolute Gasteiger partial charge is 0.303 e. The zero-order valence-electron chi connectivity index (χ0n) is 11.2. The van der Waals surface area contributed by atoms with Gasteiger partial charge in [-0.2, -0.15) is 0 Å². The van der Waals surface area contributed by atoms with Gasteiger partial charge in [0.2, 0.25) is 5.91 Å². The van der Waals surface area contributed by atoms with E-state index in [-0.39, 0.29) is 31.4 Å². The summed E-state index contributed by atoms with van der Waals surface area (Å²) in [5, 5.41) is 13.7. The van der Waals surface area contributed by atoms with Crippen LogP contribution in [0.4, 0.5) is 0 Å². The number of carbonyl (C=O) groups excluding carboxylic acids is 2. The first-order chi connectivity index (χ1) is 10.1. The number of para-hydroxylation sites is 1. The van der Waals surface area contributed by atoms with Crippen molar-refractivity contribution in [2.24, 2.45) is 0 Å². The Morgan fingerprint density at radius 1 is 1.29 bits per heavy atom. The number of nitrogens with one attached hydrogen (secondary N) is 2. The molecule has 0 aliphatic carbocycles. The Balaban J connectivity index is 1.76. The molecule has 21 heavy (non-hydrogen) atoms. The van der Waals surface area contributed by atoms with Gasteiger partial charge in [0.25, 0.3) is 5.91 Å². The summed E-state index contributed by atoms with van der Waals surface area (Å²) in [6.07, 6.45) is 0.226. The second kappa shape index (κ2) is 6.74. The number of amides is 2. The Bertz CT molecular complexity index is 531. The Hall–Kier alpha value is -2.57. The predicted molar refractivity (Wildman–Crippen MR) is 72.7 cm³/mol. The van der Waals surface area contributed by atoms with Gasteiger partial charge in [0, 0.05) is 6.42 Å². The highest BCUT2D eigenvalue weighted by molar-refractivity contribution is 5.93. The Kier molecular flexibility index (Phi) is 4.76. The van der Waals surface area contributed by atoms with Gasteiger partial charge in [-0.05, 0) is 18.6 Å². The average Bonchev–Trinajstić information content (AvgIpc) is 2.47. The van der Waals surface area contributed by atoms with Crippen LogP contribution in [-0.4, -0.2) is 41.6 Å². The van der Waals surface area contributed by atoms with Crippen LogP contribution < -0.4 is 15.4 Å². The van der Waals surface area contributed by atoms with Crippen molar-refractivity contribution in [1.82, 2.24) is 10.6 Å². The van der Waals surface area contributed by atoms with Crippen molar-refractivity contribution >= 4 is 17.8 Å². The normalized spacial score (nSPS) is 20.1. The fraction of sp³-hybridized carbons (Fsp3) is 0.357. The van der Waals surface area contributed by atoms with E-state index in [0.717, 1.165) is 0 Å². The molecule has 1 unspecified atom stereocenters. The molecule has 1 aliphatic heterocycles. The number of hydrogen-bond acceptors (Lipinski definition) is 4. The van der Waals surface area contributed by atoms with Gasteiger partial charge in [-0.1, -0.05) is 18.2 Å². The number of aliphatic carboxylic acids is 1. The number of benzene rings is 1. The molecule has 0 aromatic heterocycles. The van der Waals surface area contributed by atoms with Gasteiger partial charge in [-0.15, -0.1) is 0 Å². The van der Waals surface area contributed by atoms with Gasteiger partial charge in [0.15, 0.2) is 6.61 Å². The van der Waals surface area contributed by atoms with Crippen LogP contribution in [0.5, 0.6) is 5.75 Å². The minimum Gasteiger partial charge on any atom is -0.484 e. The first-order valence-electron chi connectivity index (χ1n) is 6.55. The zero-order chi connectivity index (χ0) is 15.2. The van der Waals surface area contributed by atoms with Crippen molar-refractivity contribution in [3.05, 3.63) is 30.3 Å². The van der Waals surface area contributed by atoms with E-state index in [1.165, 1.54) is 0 Å². The summed E-state index contributed by atoms with van der Waals surface area (Å²) in [6, 6.07) is 7.82. The average molecular weight is 292 g/mol. The Morgan fingerprint density at radius 2 is 2.00 bits per heavy atom. The molecule has 2 atom stereocenters. The zero-order valence-corrected chi connectivity index (χ0v) is 11.2. The topological polar surface area (TPSA) is 105 Å². The molecule has 0 radical (unpaired) electrons. The summed E-state index contributed by atoms with van der Waals surface area (Å²) in [5.41, 5.74) is 0. The molecule has 7 heteroatoms. The van der Waals surface area contributed by atoms with Crippen LogP contribution in [0.2, 0.25) is 0 Å². The Labute approximate surface area is 121 Å². The summed E-state index contributed by atoms with van der Waals surface area (Å²) in [4.78, 5) is 33.6. The lowest BCUT2D eigenvalue weighted by molar-refractivity contribution is -0.140. The first kappa shape index (κ1) is 14.8. The molecule has 3 N–H and O–H groups in total. The highest BCUT2D eigenvalue weighted by Gasteiger charge is 2.40. The van der Waals surface area contributed by atoms with Crippen molar-refractivity contribution in [3.8, 4) is 5.75 Å². The Morgan fingerprint density at radius 3 is 2.62 bits per heavy atom. The minimum atomic E-state index is -0.936. The maximum Gasteiger partial charge on any atom is 0.303 e. The van der Waals surface area contributed by atoms with Crippen LogP contribution in [0.1, 0.15) is 12.8 Å². The van der Waals surface area contributed by atoms with Gasteiger partial charge < -0.3 is 20.5 Å². The standard InChI is InChI=1S/C14H16N2O5/c17-11(8-21-9-4-2-1-3-5-9)16-13-10(15-14(13)20)6-7-12(18)19/h1-5,10,13H,6-8H2,(H,15,20)(H,16,17)(H,18,19)/t10?,13-/m0/s1. The molecule has 1 heterocycles. The maximum atomic E-state index is 11.7. The van der Waals surface area contributed by atoms with E-state index in [4.69, 9.17) is 9.84 Å².